The molecule has 136 valence electrons. The summed E-state index contributed by atoms with van der Waals surface area (Å²) < 4.78 is 0. The van der Waals surface area contributed by atoms with Crippen LogP contribution in [0.3, 0.4) is 0 Å². The molecule has 5 nitrogen and oxygen atoms in total. The molecule has 2 aromatic rings. The van der Waals surface area contributed by atoms with Gasteiger partial charge in [-0.05, 0) is 34.1 Å². The molecule has 0 saturated heterocycles. The molecule has 0 saturated carbocycles. The van der Waals surface area contributed by atoms with Crippen LogP contribution in [0.15, 0.2) is 63.8 Å². The lowest BCUT2D eigenvalue weighted by atomic mass is 10.0. The van der Waals surface area contributed by atoms with Crippen molar-refractivity contribution in [3.8, 4) is 0 Å². The SMILES string of the molecule is CC(C)c1ccc(C=NN=C(N)NN=Cc2ccc(C(C)C)cc2)cc1. The van der Waals surface area contributed by atoms with Gasteiger partial charge < -0.3 is 5.73 Å². The largest absolute Gasteiger partial charge is 0.367 e. The lowest BCUT2D eigenvalue weighted by Crippen LogP contribution is -2.26. The van der Waals surface area contributed by atoms with Crippen molar-refractivity contribution in [3.05, 3.63) is 70.8 Å². The number of hydrazone groups is 1. The van der Waals surface area contributed by atoms with E-state index in [-0.39, 0.29) is 5.96 Å². The van der Waals surface area contributed by atoms with Crippen molar-refractivity contribution >= 4 is 18.4 Å². The fraction of sp³-hybridized carbons (Fsp3) is 0.286. The van der Waals surface area contributed by atoms with Crippen LogP contribution >= 0.6 is 0 Å². The van der Waals surface area contributed by atoms with E-state index >= 15 is 0 Å². The highest BCUT2D eigenvalue weighted by Crippen LogP contribution is 2.14. The van der Waals surface area contributed by atoms with Crippen LogP contribution in [0, 0.1) is 0 Å². The normalized spacial score (nSPS) is 12.6. The number of hydrogen-bond acceptors (Lipinski definition) is 3. The average Bonchev–Trinajstić information content (AvgIpc) is 2.62. The zero-order valence-corrected chi connectivity index (χ0v) is 15.8. The summed E-state index contributed by atoms with van der Waals surface area (Å²) in [7, 11) is 0. The number of guanidine groups is 1. The predicted octanol–water partition coefficient (Wildman–Crippen LogP) is 4.21. The first-order valence-electron chi connectivity index (χ1n) is 8.81. The second-order valence-corrected chi connectivity index (χ2v) is 6.74. The van der Waals surface area contributed by atoms with Crippen LogP contribution in [0.1, 0.15) is 61.8 Å². The van der Waals surface area contributed by atoms with Gasteiger partial charge in [0.25, 0.3) is 0 Å². The molecular weight excluding hydrogens is 322 g/mol. The Morgan fingerprint density at radius 3 is 1.73 bits per heavy atom. The Morgan fingerprint density at radius 2 is 1.27 bits per heavy atom. The van der Waals surface area contributed by atoms with Gasteiger partial charge in [0.1, 0.15) is 0 Å². The molecule has 0 aliphatic carbocycles. The van der Waals surface area contributed by atoms with Crippen molar-refractivity contribution in [3.63, 3.8) is 0 Å². The van der Waals surface area contributed by atoms with E-state index in [0.29, 0.717) is 11.8 Å². The van der Waals surface area contributed by atoms with Gasteiger partial charge in [-0.1, -0.05) is 76.2 Å². The highest BCUT2D eigenvalue weighted by molar-refractivity contribution is 5.84. The summed E-state index contributed by atoms with van der Waals surface area (Å²) in [5.41, 5.74) is 13.0. The number of nitrogens with two attached hydrogens (primary N) is 1. The van der Waals surface area contributed by atoms with E-state index < -0.39 is 0 Å². The van der Waals surface area contributed by atoms with E-state index in [2.05, 4.69) is 72.7 Å². The minimum Gasteiger partial charge on any atom is -0.367 e. The van der Waals surface area contributed by atoms with E-state index in [1.54, 1.807) is 12.4 Å². The fourth-order valence-corrected chi connectivity index (χ4v) is 2.29. The van der Waals surface area contributed by atoms with Gasteiger partial charge in [-0.25, -0.2) is 5.43 Å². The first-order valence-corrected chi connectivity index (χ1v) is 8.81. The fourth-order valence-electron chi connectivity index (χ4n) is 2.29. The van der Waals surface area contributed by atoms with Gasteiger partial charge >= 0.3 is 0 Å². The predicted molar refractivity (Wildman–Crippen MR) is 111 cm³/mol. The number of hydrogen-bond donors (Lipinski definition) is 2. The van der Waals surface area contributed by atoms with E-state index in [4.69, 9.17) is 5.73 Å². The van der Waals surface area contributed by atoms with Crippen LogP contribution in [0.5, 0.6) is 0 Å². The van der Waals surface area contributed by atoms with Gasteiger partial charge in [0, 0.05) is 0 Å². The average molecular weight is 349 g/mol. The first-order chi connectivity index (χ1) is 12.5. The quantitative estimate of drug-likeness (QED) is 0.466. The maximum Gasteiger partial charge on any atom is 0.234 e. The third-order valence-corrected chi connectivity index (χ3v) is 3.97. The van der Waals surface area contributed by atoms with Crippen LogP contribution in [0.25, 0.3) is 0 Å². The smallest absolute Gasteiger partial charge is 0.234 e. The van der Waals surface area contributed by atoms with Crippen LogP contribution in [0.4, 0.5) is 0 Å². The van der Waals surface area contributed by atoms with Crippen LogP contribution in [0.2, 0.25) is 0 Å². The summed E-state index contributed by atoms with van der Waals surface area (Å²) in [6.07, 6.45) is 3.36. The van der Waals surface area contributed by atoms with Gasteiger partial charge in [0.15, 0.2) is 0 Å². The first kappa shape index (κ1) is 19.4. The van der Waals surface area contributed by atoms with Gasteiger partial charge in [-0.2, -0.15) is 10.2 Å². The van der Waals surface area contributed by atoms with Gasteiger partial charge in [-0.15, -0.1) is 5.10 Å². The Hall–Kier alpha value is -2.95. The van der Waals surface area contributed by atoms with Crippen molar-refractivity contribution in [2.24, 2.45) is 21.0 Å². The molecule has 2 aromatic carbocycles. The Labute approximate surface area is 155 Å². The molecule has 2 rings (SSSR count). The Balaban J connectivity index is 1.87. The topological polar surface area (TPSA) is 75.1 Å². The lowest BCUT2D eigenvalue weighted by molar-refractivity contribution is 0.866. The molecule has 26 heavy (non-hydrogen) atoms. The van der Waals surface area contributed by atoms with Gasteiger partial charge in [-0.3, -0.25) is 0 Å². The lowest BCUT2D eigenvalue weighted by Gasteiger charge is -2.04. The summed E-state index contributed by atoms with van der Waals surface area (Å²) in [5.74, 6) is 1.16. The van der Waals surface area contributed by atoms with Gasteiger partial charge in [0.05, 0.1) is 12.4 Å². The van der Waals surface area contributed by atoms with Crippen LogP contribution < -0.4 is 11.2 Å². The summed E-state index contributed by atoms with van der Waals surface area (Å²) >= 11 is 0. The number of rotatable bonds is 6. The molecule has 0 bridgehead atoms. The Morgan fingerprint density at radius 1 is 0.808 bits per heavy atom. The molecule has 0 heterocycles. The molecule has 0 amide bonds. The number of nitrogens with zero attached hydrogens (tertiary/aromatic N) is 3. The van der Waals surface area contributed by atoms with E-state index in [1.165, 1.54) is 11.1 Å². The highest BCUT2D eigenvalue weighted by Gasteiger charge is 1.98. The zero-order chi connectivity index (χ0) is 18.9. The van der Waals surface area contributed by atoms with Crippen molar-refractivity contribution < 1.29 is 0 Å². The molecule has 0 unspecified atom stereocenters. The molecule has 0 atom stereocenters. The Bertz CT molecular complexity index is 769. The third kappa shape index (κ3) is 6.16. The summed E-state index contributed by atoms with van der Waals surface area (Å²) in [4.78, 5) is 0. The molecule has 0 aliphatic heterocycles. The van der Waals surface area contributed by atoms with Crippen molar-refractivity contribution in [2.75, 3.05) is 0 Å². The molecule has 0 spiro atoms. The third-order valence-electron chi connectivity index (χ3n) is 3.97. The van der Waals surface area contributed by atoms with Crippen molar-refractivity contribution in [1.29, 1.82) is 0 Å². The summed E-state index contributed by atoms with van der Waals surface area (Å²) in [5, 5.41) is 11.9. The van der Waals surface area contributed by atoms with Crippen LogP contribution in [-0.4, -0.2) is 18.4 Å². The molecule has 0 aliphatic rings. The van der Waals surface area contributed by atoms with Crippen molar-refractivity contribution in [2.45, 2.75) is 39.5 Å². The van der Waals surface area contributed by atoms with Crippen molar-refractivity contribution in [1.82, 2.24) is 5.43 Å². The zero-order valence-electron chi connectivity index (χ0n) is 15.8. The molecule has 0 aromatic heterocycles. The van der Waals surface area contributed by atoms with Crippen LogP contribution in [-0.2, 0) is 0 Å². The summed E-state index contributed by atoms with van der Waals surface area (Å²) in [6.45, 7) is 8.67. The molecule has 0 radical (unpaired) electrons. The number of nitrogens with one attached hydrogen (secondary N) is 1. The standard InChI is InChI=1S/C21H27N5/c1-15(2)19-9-5-17(6-10-19)13-23-25-21(22)26-24-14-18-7-11-20(12-8-18)16(3)4/h5-16H,1-4H3,(H3,22,25,26). The summed E-state index contributed by atoms with van der Waals surface area (Å²) in [6, 6.07) is 16.4. The maximum absolute atomic E-state index is 5.74. The number of benzene rings is 2. The molecular formula is C21H27N5. The van der Waals surface area contributed by atoms with Gasteiger partial charge in [0.2, 0.25) is 5.96 Å². The minimum atomic E-state index is 0.134. The molecule has 3 N–H and O–H groups in total. The van der Waals surface area contributed by atoms with E-state index in [1.807, 2.05) is 24.3 Å². The molecule has 0 fully saturated rings. The second kappa shape index (κ2) is 9.51. The maximum atomic E-state index is 5.74. The Kier molecular flexibility index (Phi) is 7.09. The second-order valence-electron chi connectivity index (χ2n) is 6.74. The molecule has 5 heteroatoms. The monoisotopic (exact) mass is 349 g/mol. The van der Waals surface area contributed by atoms with E-state index in [9.17, 15) is 0 Å². The minimum absolute atomic E-state index is 0.134. The highest BCUT2D eigenvalue weighted by atomic mass is 15.4. The van der Waals surface area contributed by atoms with E-state index in [0.717, 1.165) is 11.1 Å².